The van der Waals surface area contributed by atoms with E-state index in [1.165, 1.54) is 0 Å². The standard InChI is InChI=1S/C17H20O3/c1-3-11-16-12-7-10-14(16)17(19-2,15(18)20-16)13-8-5-4-6-9-13/h3-6,8-9,14H,1,7,10-12H2,2H3/t14-,16+,17-/m1/s1. The Balaban J connectivity index is 2.12. The third kappa shape index (κ3) is 1.59. The molecular weight excluding hydrogens is 252 g/mol. The molecule has 3 heteroatoms. The van der Waals surface area contributed by atoms with E-state index in [0.717, 1.165) is 24.8 Å². The molecule has 1 heterocycles. The fourth-order valence-electron chi connectivity index (χ4n) is 4.02. The van der Waals surface area contributed by atoms with Gasteiger partial charge in [0.05, 0.1) is 0 Å². The van der Waals surface area contributed by atoms with Crippen LogP contribution in [0, 0.1) is 5.92 Å². The molecule has 106 valence electrons. The van der Waals surface area contributed by atoms with Gasteiger partial charge >= 0.3 is 5.97 Å². The van der Waals surface area contributed by atoms with E-state index in [0.29, 0.717) is 6.42 Å². The molecule has 1 aromatic carbocycles. The smallest absolute Gasteiger partial charge is 0.344 e. The van der Waals surface area contributed by atoms with Crippen LogP contribution in [-0.2, 0) is 19.9 Å². The molecule has 3 nitrogen and oxygen atoms in total. The second-order valence-corrected chi connectivity index (χ2v) is 5.70. The van der Waals surface area contributed by atoms with Crippen LogP contribution in [0.15, 0.2) is 43.0 Å². The van der Waals surface area contributed by atoms with E-state index < -0.39 is 11.2 Å². The van der Waals surface area contributed by atoms with Crippen molar-refractivity contribution in [3.63, 3.8) is 0 Å². The van der Waals surface area contributed by atoms with Crippen molar-refractivity contribution in [3.05, 3.63) is 48.6 Å². The molecule has 0 spiro atoms. The van der Waals surface area contributed by atoms with Gasteiger partial charge in [-0.15, -0.1) is 6.58 Å². The predicted molar refractivity (Wildman–Crippen MR) is 76.1 cm³/mol. The molecule has 0 N–H and O–H groups in total. The van der Waals surface area contributed by atoms with Crippen molar-refractivity contribution in [2.45, 2.75) is 36.9 Å². The zero-order chi connectivity index (χ0) is 14.2. The minimum atomic E-state index is -0.958. The van der Waals surface area contributed by atoms with Crippen LogP contribution in [-0.4, -0.2) is 18.7 Å². The highest BCUT2D eigenvalue weighted by molar-refractivity contribution is 5.85. The molecule has 0 aromatic heterocycles. The number of methoxy groups -OCH3 is 1. The second-order valence-electron chi connectivity index (χ2n) is 5.70. The summed E-state index contributed by atoms with van der Waals surface area (Å²) >= 11 is 0. The lowest BCUT2D eigenvalue weighted by Gasteiger charge is -2.33. The van der Waals surface area contributed by atoms with E-state index in [9.17, 15) is 4.79 Å². The maximum atomic E-state index is 12.6. The number of hydrogen-bond donors (Lipinski definition) is 0. The molecule has 1 aliphatic carbocycles. The topological polar surface area (TPSA) is 35.5 Å². The summed E-state index contributed by atoms with van der Waals surface area (Å²) in [5.41, 5.74) is -0.490. The Kier molecular flexibility index (Phi) is 3.17. The number of esters is 1. The highest BCUT2D eigenvalue weighted by Crippen LogP contribution is 2.57. The second kappa shape index (κ2) is 4.74. The summed E-state index contributed by atoms with van der Waals surface area (Å²) in [6.07, 6.45) is 5.45. The summed E-state index contributed by atoms with van der Waals surface area (Å²) in [6, 6.07) is 9.72. The van der Waals surface area contributed by atoms with Gasteiger partial charge in [-0.3, -0.25) is 0 Å². The fourth-order valence-corrected chi connectivity index (χ4v) is 4.02. The van der Waals surface area contributed by atoms with Crippen LogP contribution in [0.3, 0.4) is 0 Å². The number of fused-ring (bicyclic) bond motifs is 1. The van der Waals surface area contributed by atoms with Gasteiger partial charge in [-0.2, -0.15) is 0 Å². The first-order valence-electron chi connectivity index (χ1n) is 7.14. The molecule has 0 radical (unpaired) electrons. The van der Waals surface area contributed by atoms with Gasteiger partial charge in [0.1, 0.15) is 5.60 Å². The average molecular weight is 272 g/mol. The number of ether oxygens (including phenoxy) is 2. The first-order valence-corrected chi connectivity index (χ1v) is 7.14. The molecule has 0 bridgehead atoms. The largest absolute Gasteiger partial charge is 0.456 e. The normalized spacial score (nSPS) is 35.6. The number of hydrogen-bond acceptors (Lipinski definition) is 3. The molecule has 0 unspecified atom stereocenters. The van der Waals surface area contributed by atoms with Crippen LogP contribution in [0.25, 0.3) is 0 Å². The quantitative estimate of drug-likeness (QED) is 0.623. The van der Waals surface area contributed by atoms with E-state index in [1.54, 1.807) is 7.11 Å². The summed E-state index contributed by atoms with van der Waals surface area (Å²) < 4.78 is 11.6. The maximum absolute atomic E-state index is 12.6. The Hall–Kier alpha value is -1.61. The van der Waals surface area contributed by atoms with Crippen molar-refractivity contribution < 1.29 is 14.3 Å². The minimum absolute atomic E-state index is 0.0629. The number of benzene rings is 1. The summed E-state index contributed by atoms with van der Waals surface area (Å²) in [7, 11) is 1.61. The van der Waals surface area contributed by atoms with Gasteiger partial charge in [0, 0.05) is 19.4 Å². The Labute approximate surface area is 119 Å². The maximum Gasteiger partial charge on any atom is 0.344 e. The van der Waals surface area contributed by atoms with E-state index in [-0.39, 0.29) is 11.9 Å². The molecule has 1 saturated heterocycles. The lowest BCUT2D eigenvalue weighted by atomic mass is 9.75. The predicted octanol–water partition coefficient (Wildman–Crippen LogP) is 3.20. The lowest BCUT2D eigenvalue weighted by Crippen LogP contribution is -2.42. The molecule has 1 aromatic rings. The first kappa shape index (κ1) is 13.4. The van der Waals surface area contributed by atoms with Crippen molar-refractivity contribution in [1.29, 1.82) is 0 Å². The lowest BCUT2D eigenvalue weighted by molar-refractivity contribution is -0.163. The highest BCUT2D eigenvalue weighted by atomic mass is 16.6. The fraction of sp³-hybridized carbons (Fsp3) is 0.471. The molecule has 1 saturated carbocycles. The molecule has 2 fully saturated rings. The van der Waals surface area contributed by atoms with Crippen LogP contribution < -0.4 is 0 Å². The Morgan fingerprint density at radius 3 is 2.85 bits per heavy atom. The molecule has 2 aliphatic rings. The average Bonchev–Trinajstić information content (AvgIpc) is 2.95. The van der Waals surface area contributed by atoms with Gasteiger partial charge < -0.3 is 9.47 Å². The van der Waals surface area contributed by atoms with Crippen LogP contribution in [0.1, 0.15) is 31.2 Å². The van der Waals surface area contributed by atoms with Gasteiger partial charge in [-0.1, -0.05) is 36.4 Å². The third-order valence-corrected chi connectivity index (χ3v) is 4.83. The summed E-state index contributed by atoms with van der Waals surface area (Å²) in [5.74, 6) is -0.189. The number of carbonyl (C=O) groups excluding carboxylic acids is 1. The van der Waals surface area contributed by atoms with Crippen molar-refractivity contribution >= 4 is 5.97 Å². The summed E-state index contributed by atoms with van der Waals surface area (Å²) in [5, 5.41) is 0. The first-order chi connectivity index (χ1) is 9.69. The summed E-state index contributed by atoms with van der Waals surface area (Å²) in [6.45, 7) is 3.82. The Bertz CT molecular complexity index is 524. The monoisotopic (exact) mass is 272 g/mol. The molecule has 0 amide bonds. The van der Waals surface area contributed by atoms with E-state index in [4.69, 9.17) is 9.47 Å². The van der Waals surface area contributed by atoms with Crippen molar-refractivity contribution in [3.8, 4) is 0 Å². The van der Waals surface area contributed by atoms with Crippen LogP contribution in [0.2, 0.25) is 0 Å². The van der Waals surface area contributed by atoms with Gasteiger partial charge in [-0.05, 0) is 24.8 Å². The number of carbonyl (C=O) groups is 1. The molecule has 3 rings (SSSR count). The van der Waals surface area contributed by atoms with Gasteiger partial charge in [0.25, 0.3) is 0 Å². The van der Waals surface area contributed by atoms with E-state index in [2.05, 4.69) is 6.58 Å². The van der Waals surface area contributed by atoms with Crippen molar-refractivity contribution in [2.75, 3.05) is 7.11 Å². The number of rotatable bonds is 4. The third-order valence-electron chi connectivity index (χ3n) is 4.83. The summed E-state index contributed by atoms with van der Waals surface area (Å²) in [4.78, 5) is 12.6. The van der Waals surface area contributed by atoms with E-state index in [1.807, 2.05) is 36.4 Å². The highest BCUT2D eigenvalue weighted by Gasteiger charge is 2.67. The Morgan fingerprint density at radius 2 is 2.20 bits per heavy atom. The van der Waals surface area contributed by atoms with Crippen LogP contribution >= 0.6 is 0 Å². The van der Waals surface area contributed by atoms with E-state index >= 15 is 0 Å². The molecule has 3 atom stereocenters. The molecule has 20 heavy (non-hydrogen) atoms. The van der Waals surface area contributed by atoms with Crippen LogP contribution in [0.5, 0.6) is 0 Å². The Morgan fingerprint density at radius 1 is 1.45 bits per heavy atom. The van der Waals surface area contributed by atoms with Gasteiger partial charge in [0.15, 0.2) is 5.60 Å². The van der Waals surface area contributed by atoms with Crippen molar-refractivity contribution in [1.82, 2.24) is 0 Å². The van der Waals surface area contributed by atoms with Gasteiger partial charge in [-0.25, -0.2) is 4.79 Å². The minimum Gasteiger partial charge on any atom is -0.456 e. The SMILES string of the molecule is C=CC[C@]12CCC[C@H]1[C@](OC)(c1ccccc1)C(=O)O2. The van der Waals surface area contributed by atoms with Crippen molar-refractivity contribution in [2.24, 2.45) is 5.92 Å². The zero-order valence-corrected chi connectivity index (χ0v) is 11.8. The molecule has 1 aliphatic heterocycles. The molecular formula is C17H20O3. The van der Waals surface area contributed by atoms with Gasteiger partial charge in [0.2, 0.25) is 0 Å². The zero-order valence-electron chi connectivity index (χ0n) is 11.8. The van der Waals surface area contributed by atoms with Crippen LogP contribution in [0.4, 0.5) is 0 Å².